The Morgan fingerprint density at radius 2 is 1.63 bits per heavy atom. The molecule has 2 aromatic carbocycles. The van der Waals surface area contributed by atoms with E-state index in [1.165, 1.54) is 4.90 Å². The summed E-state index contributed by atoms with van der Waals surface area (Å²) in [6.45, 7) is 7.76. The van der Waals surface area contributed by atoms with Gasteiger partial charge in [-0.2, -0.15) is 0 Å². The lowest BCUT2D eigenvalue weighted by atomic mass is 10.00. The second kappa shape index (κ2) is 13.2. The Balaban J connectivity index is 1.94. The maximum Gasteiger partial charge on any atom is 0.260 e. The molecule has 7 nitrogen and oxygen atoms in total. The Hall–Kier alpha value is -2.29. The van der Waals surface area contributed by atoms with Crippen LogP contribution in [0.25, 0.3) is 22.6 Å². The lowest BCUT2D eigenvalue weighted by molar-refractivity contribution is -0.124. The minimum absolute atomic E-state index is 0.0157. The first-order chi connectivity index (χ1) is 17.9. The Morgan fingerprint density at radius 1 is 1.00 bits per heavy atom. The fourth-order valence-corrected chi connectivity index (χ4v) is 4.57. The highest BCUT2D eigenvalue weighted by Crippen LogP contribution is 2.36. The molecule has 2 amide bonds. The van der Waals surface area contributed by atoms with Gasteiger partial charge in [-0.3, -0.25) is 9.59 Å². The normalized spacial score (nSPS) is 13.2. The molecule has 0 spiro atoms. The summed E-state index contributed by atoms with van der Waals surface area (Å²) in [5.41, 5.74) is 8.23. The lowest BCUT2D eigenvalue weighted by Gasteiger charge is -2.32. The smallest absolute Gasteiger partial charge is 0.260 e. The van der Waals surface area contributed by atoms with Crippen molar-refractivity contribution in [1.29, 1.82) is 0 Å². The number of aromatic nitrogens is 1. The average Bonchev–Trinajstić information content (AvgIpc) is 3.35. The van der Waals surface area contributed by atoms with E-state index in [2.05, 4.69) is 10.5 Å². The SMILES string of the molecule is CC(C)C(CN(C(=O)C(Cl)Cl)c1cccc(-c2cc(-c3c(Cl)cccc3Cl)no2)c1)NC(=O)C(N)C(C)C. The van der Waals surface area contributed by atoms with Crippen LogP contribution in [-0.2, 0) is 9.59 Å². The number of benzene rings is 2. The highest BCUT2D eigenvalue weighted by molar-refractivity contribution is 6.54. The van der Waals surface area contributed by atoms with Crippen LogP contribution in [0, 0.1) is 11.8 Å². The molecule has 1 aromatic heterocycles. The first kappa shape index (κ1) is 30.3. The van der Waals surface area contributed by atoms with Gasteiger partial charge in [0, 0.05) is 35.5 Å². The van der Waals surface area contributed by atoms with Gasteiger partial charge >= 0.3 is 0 Å². The molecule has 0 aliphatic rings. The molecule has 2 atom stereocenters. The van der Waals surface area contributed by atoms with E-state index in [1.807, 2.05) is 33.8 Å². The van der Waals surface area contributed by atoms with Crippen LogP contribution >= 0.6 is 46.4 Å². The molecule has 0 saturated heterocycles. The number of rotatable bonds is 10. The highest BCUT2D eigenvalue weighted by atomic mass is 35.5. The molecular weight excluding hydrogens is 570 g/mol. The summed E-state index contributed by atoms with van der Waals surface area (Å²) < 4.78 is 5.58. The van der Waals surface area contributed by atoms with Gasteiger partial charge in [0.15, 0.2) is 10.6 Å². The maximum absolute atomic E-state index is 13.1. The third-order valence-corrected chi connectivity index (χ3v) is 7.16. The van der Waals surface area contributed by atoms with Gasteiger partial charge in [0.05, 0.1) is 16.1 Å². The summed E-state index contributed by atoms with van der Waals surface area (Å²) in [6.07, 6.45) is 0. The van der Waals surface area contributed by atoms with E-state index in [9.17, 15) is 9.59 Å². The van der Waals surface area contributed by atoms with E-state index in [-0.39, 0.29) is 24.3 Å². The Bertz CT molecular complexity index is 1260. The van der Waals surface area contributed by atoms with Crippen molar-refractivity contribution >= 4 is 63.9 Å². The number of nitrogens with zero attached hydrogens (tertiary/aromatic N) is 2. The number of nitrogens with one attached hydrogen (secondary N) is 1. The van der Waals surface area contributed by atoms with Crippen LogP contribution in [0.15, 0.2) is 53.1 Å². The van der Waals surface area contributed by atoms with Crippen molar-refractivity contribution in [2.45, 2.75) is 44.6 Å². The molecule has 11 heteroatoms. The van der Waals surface area contributed by atoms with Crippen molar-refractivity contribution in [2.75, 3.05) is 11.4 Å². The van der Waals surface area contributed by atoms with Crippen LogP contribution in [0.1, 0.15) is 27.7 Å². The molecular formula is C27H30Cl4N4O3. The Labute approximate surface area is 242 Å². The lowest BCUT2D eigenvalue weighted by Crippen LogP contribution is -2.54. The number of halogens is 4. The zero-order chi connectivity index (χ0) is 28.1. The van der Waals surface area contributed by atoms with Crippen LogP contribution in [0.4, 0.5) is 5.69 Å². The van der Waals surface area contributed by atoms with Crippen molar-refractivity contribution in [3.63, 3.8) is 0 Å². The van der Waals surface area contributed by atoms with Gasteiger partial charge in [-0.1, -0.05) is 97.5 Å². The van der Waals surface area contributed by atoms with Crippen molar-refractivity contribution in [3.05, 3.63) is 58.6 Å². The maximum atomic E-state index is 13.1. The molecule has 0 bridgehead atoms. The second-order valence-electron chi connectivity index (χ2n) is 9.60. The molecule has 38 heavy (non-hydrogen) atoms. The van der Waals surface area contributed by atoms with Crippen LogP contribution < -0.4 is 16.0 Å². The summed E-state index contributed by atoms with van der Waals surface area (Å²) in [5.74, 6) is -0.437. The molecule has 0 saturated carbocycles. The van der Waals surface area contributed by atoms with Crippen molar-refractivity contribution in [2.24, 2.45) is 17.6 Å². The number of alkyl halides is 2. The average molecular weight is 600 g/mol. The van der Waals surface area contributed by atoms with Crippen LogP contribution in [0.2, 0.25) is 10.0 Å². The molecule has 3 N–H and O–H groups in total. The first-order valence-corrected chi connectivity index (χ1v) is 13.7. The number of carbonyl (C=O) groups is 2. The fraction of sp³-hybridized carbons (Fsp3) is 0.370. The number of hydrogen-bond acceptors (Lipinski definition) is 5. The van der Waals surface area contributed by atoms with Crippen molar-refractivity contribution in [3.8, 4) is 22.6 Å². The van der Waals surface area contributed by atoms with Crippen LogP contribution in [0.5, 0.6) is 0 Å². The molecule has 3 rings (SSSR count). The summed E-state index contributed by atoms with van der Waals surface area (Å²) >= 11 is 24.7. The molecule has 3 aromatic rings. The molecule has 2 unspecified atom stereocenters. The van der Waals surface area contributed by atoms with E-state index in [1.54, 1.807) is 42.5 Å². The number of anilines is 1. The standard InChI is InChI=1S/C27H30Cl4N4O3/c1-14(2)21(33-26(36)24(32)15(3)4)13-35(27(37)25(30)31)17-8-5-7-16(11-17)22-12-20(34-38-22)23-18(28)9-6-10-19(23)29/h5-12,14-15,21,24-25H,13,32H2,1-4H3,(H,33,36). The molecule has 0 fully saturated rings. The third kappa shape index (κ3) is 7.21. The van der Waals surface area contributed by atoms with Gasteiger partial charge < -0.3 is 20.5 Å². The monoisotopic (exact) mass is 598 g/mol. The Kier molecular flexibility index (Phi) is 10.5. The predicted molar refractivity (Wildman–Crippen MR) is 155 cm³/mol. The minimum atomic E-state index is -1.31. The van der Waals surface area contributed by atoms with E-state index >= 15 is 0 Å². The minimum Gasteiger partial charge on any atom is -0.356 e. The molecule has 204 valence electrons. The van der Waals surface area contributed by atoms with E-state index in [0.29, 0.717) is 38.3 Å². The number of nitrogens with two attached hydrogens (primary N) is 1. The van der Waals surface area contributed by atoms with Crippen LogP contribution in [-0.4, -0.2) is 40.4 Å². The zero-order valence-corrected chi connectivity index (χ0v) is 24.4. The fourth-order valence-electron chi connectivity index (χ4n) is 3.74. The topological polar surface area (TPSA) is 101 Å². The predicted octanol–water partition coefficient (Wildman–Crippen LogP) is 6.58. The molecule has 0 aliphatic carbocycles. The largest absolute Gasteiger partial charge is 0.356 e. The molecule has 0 aliphatic heterocycles. The number of carbonyl (C=O) groups excluding carboxylic acids is 2. The summed E-state index contributed by atoms with van der Waals surface area (Å²) in [4.78, 5) is 25.9. The van der Waals surface area contributed by atoms with E-state index in [0.717, 1.165) is 0 Å². The van der Waals surface area contributed by atoms with Gasteiger partial charge in [0.1, 0.15) is 5.69 Å². The molecule has 1 heterocycles. The quantitative estimate of drug-likeness (QED) is 0.256. The number of hydrogen-bond donors (Lipinski definition) is 2. The van der Waals surface area contributed by atoms with Gasteiger partial charge in [-0.15, -0.1) is 0 Å². The Morgan fingerprint density at radius 3 is 2.21 bits per heavy atom. The van der Waals surface area contributed by atoms with Crippen LogP contribution in [0.3, 0.4) is 0 Å². The highest BCUT2D eigenvalue weighted by Gasteiger charge is 2.29. The summed E-state index contributed by atoms with van der Waals surface area (Å²) in [5, 5.41) is 7.99. The van der Waals surface area contributed by atoms with Gasteiger partial charge in [-0.25, -0.2) is 0 Å². The van der Waals surface area contributed by atoms with E-state index < -0.39 is 22.8 Å². The molecule has 0 radical (unpaired) electrons. The van der Waals surface area contributed by atoms with Gasteiger partial charge in [0.25, 0.3) is 5.91 Å². The first-order valence-electron chi connectivity index (χ1n) is 12.1. The van der Waals surface area contributed by atoms with Gasteiger partial charge in [0.2, 0.25) is 5.91 Å². The summed E-state index contributed by atoms with van der Waals surface area (Å²) in [7, 11) is 0. The number of amides is 2. The zero-order valence-electron chi connectivity index (χ0n) is 21.4. The van der Waals surface area contributed by atoms with Crippen molar-refractivity contribution < 1.29 is 14.1 Å². The third-order valence-electron chi connectivity index (χ3n) is 6.16. The summed E-state index contributed by atoms with van der Waals surface area (Å²) in [6, 6.07) is 12.9. The van der Waals surface area contributed by atoms with E-state index in [4.69, 9.17) is 56.7 Å². The second-order valence-corrected chi connectivity index (χ2v) is 11.5. The van der Waals surface area contributed by atoms with Gasteiger partial charge in [-0.05, 0) is 36.1 Å². The van der Waals surface area contributed by atoms with Crippen molar-refractivity contribution in [1.82, 2.24) is 10.5 Å².